The van der Waals surface area contributed by atoms with E-state index in [1.165, 1.54) is 10.7 Å². The molecule has 130 valence electrons. The van der Waals surface area contributed by atoms with Gasteiger partial charge in [0.1, 0.15) is 5.82 Å². The van der Waals surface area contributed by atoms with E-state index in [-0.39, 0.29) is 28.8 Å². The molecule has 0 unspecified atom stereocenters. The van der Waals surface area contributed by atoms with Crippen LogP contribution in [0.5, 0.6) is 0 Å². The number of halogens is 1. The van der Waals surface area contributed by atoms with E-state index in [2.05, 4.69) is 27.4 Å². The number of nitrogens with two attached hydrogens (primary N) is 1. The lowest BCUT2D eigenvalue weighted by Gasteiger charge is -2.04. The van der Waals surface area contributed by atoms with Gasteiger partial charge in [0.15, 0.2) is 11.5 Å². The molecule has 2 aromatic carbocycles. The Morgan fingerprint density at radius 2 is 2.00 bits per heavy atom. The van der Waals surface area contributed by atoms with Gasteiger partial charge in [0.05, 0.1) is 11.3 Å². The van der Waals surface area contributed by atoms with Crippen LogP contribution in [0, 0.1) is 5.82 Å². The molecule has 0 radical (unpaired) electrons. The van der Waals surface area contributed by atoms with Crippen molar-refractivity contribution in [2.45, 2.75) is 13.3 Å². The number of benzene rings is 2. The van der Waals surface area contributed by atoms with Crippen molar-refractivity contribution in [2.75, 3.05) is 5.73 Å². The third-order valence-corrected chi connectivity index (χ3v) is 4.01. The standard InChI is InChI=1S/C18H15FN6O/c1-2-11-6-5-7-12(10-11)25-16(20)15(22-24-25)18-21-17(23-26-18)13-8-3-4-9-14(13)19/h3-10H,2,20H2,1H3. The highest BCUT2D eigenvalue weighted by molar-refractivity contribution is 5.66. The molecular weight excluding hydrogens is 335 g/mol. The second-order valence-corrected chi connectivity index (χ2v) is 5.66. The van der Waals surface area contributed by atoms with Crippen molar-refractivity contribution in [3.05, 3.63) is 59.9 Å². The summed E-state index contributed by atoms with van der Waals surface area (Å²) in [5, 5.41) is 11.9. The van der Waals surface area contributed by atoms with Crippen molar-refractivity contribution in [2.24, 2.45) is 0 Å². The average Bonchev–Trinajstić information content (AvgIpc) is 3.29. The van der Waals surface area contributed by atoms with E-state index in [1.807, 2.05) is 24.3 Å². The number of anilines is 1. The summed E-state index contributed by atoms with van der Waals surface area (Å²) in [6, 6.07) is 14.0. The van der Waals surface area contributed by atoms with Crippen LogP contribution in [-0.2, 0) is 6.42 Å². The summed E-state index contributed by atoms with van der Waals surface area (Å²) in [5.41, 5.74) is 8.60. The van der Waals surface area contributed by atoms with Crippen LogP contribution in [0.15, 0.2) is 53.1 Å². The molecule has 8 heteroatoms. The highest BCUT2D eigenvalue weighted by atomic mass is 19.1. The number of hydrogen-bond acceptors (Lipinski definition) is 6. The maximum atomic E-state index is 13.9. The van der Waals surface area contributed by atoms with Crippen LogP contribution in [0.1, 0.15) is 12.5 Å². The van der Waals surface area contributed by atoms with Crippen LogP contribution >= 0.6 is 0 Å². The lowest BCUT2D eigenvalue weighted by atomic mass is 10.1. The summed E-state index contributed by atoms with van der Waals surface area (Å²) in [5.74, 6) is 0.0357. The molecule has 0 aliphatic heterocycles. The molecule has 0 atom stereocenters. The Bertz CT molecular complexity index is 1070. The fourth-order valence-electron chi connectivity index (χ4n) is 2.61. The average molecular weight is 350 g/mol. The van der Waals surface area contributed by atoms with E-state index in [0.717, 1.165) is 17.7 Å². The molecule has 0 saturated carbocycles. The molecule has 0 aliphatic carbocycles. The van der Waals surface area contributed by atoms with E-state index >= 15 is 0 Å². The molecule has 4 aromatic rings. The molecular formula is C18H15FN6O. The van der Waals surface area contributed by atoms with Crippen LogP contribution in [-0.4, -0.2) is 25.1 Å². The zero-order valence-corrected chi connectivity index (χ0v) is 13.9. The normalized spacial score (nSPS) is 11.0. The summed E-state index contributed by atoms with van der Waals surface area (Å²) in [6.45, 7) is 2.07. The van der Waals surface area contributed by atoms with E-state index in [9.17, 15) is 4.39 Å². The first-order valence-electron chi connectivity index (χ1n) is 8.07. The van der Waals surface area contributed by atoms with Crippen molar-refractivity contribution in [1.29, 1.82) is 0 Å². The fraction of sp³-hybridized carbons (Fsp3) is 0.111. The SMILES string of the molecule is CCc1cccc(-n2nnc(-c3nc(-c4ccccc4F)no3)c2N)c1. The first-order valence-corrected chi connectivity index (χ1v) is 8.07. The Morgan fingerprint density at radius 1 is 1.15 bits per heavy atom. The van der Waals surface area contributed by atoms with Gasteiger partial charge in [0.25, 0.3) is 5.89 Å². The Kier molecular flexibility index (Phi) is 3.92. The highest BCUT2D eigenvalue weighted by Crippen LogP contribution is 2.27. The molecule has 26 heavy (non-hydrogen) atoms. The Balaban J connectivity index is 1.72. The van der Waals surface area contributed by atoms with Crippen LogP contribution in [0.25, 0.3) is 28.7 Å². The van der Waals surface area contributed by atoms with Gasteiger partial charge in [-0.05, 0) is 36.2 Å². The number of nitrogens with zero attached hydrogens (tertiary/aromatic N) is 5. The Morgan fingerprint density at radius 3 is 2.81 bits per heavy atom. The van der Waals surface area contributed by atoms with Crippen molar-refractivity contribution in [1.82, 2.24) is 25.1 Å². The molecule has 0 aliphatic rings. The predicted molar refractivity (Wildman–Crippen MR) is 93.8 cm³/mol. The van der Waals surface area contributed by atoms with Crippen molar-refractivity contribution in [3.8, 4) is 28.7 Å². The Hall–Kier alpha value is -3.55. The maximum absolute atomic E-state index is 13.9. The van der Waals surface area contributed by atoms with E-state index in [0.29, 0.717) is 0 Å². The summed E-state index contributed by atoms with van der Waals surface area (Å²) >= 11 is 0. The Labute approximate surface area is 148 Å². The number of aryl methyl sites for hydroxylation is 1. The summed E-state index contributed by atoms with van der Waals surface area (Å²) < 4.78 is 20.6. The fourth-order valence-corrected chi connectivity index (χ4v) is 2.61. The van der Waals surface area contributed by atoms with E-state index in [4.69, 9.17) is 10.3 Å². The second kappa shape index (κ2) is 6.40. The third kappa shape index (κ3) is 2.71. The highest BCUT2D eigenvalue weighted by Gasteiger charge is 2.20. The summed E-state index contributed by atoms with van der Waals surface area (Å²) in [6.07, 6.45) is 0.894. The molecule has 0 spiro atoms. The van der Waals surface area contributed by atoms with Gasteiger partial charge in [-0.25, -0.2) is 4.39 Å². The maximum Gasteiger partial charge on any atom is 0.282 e. The smallest absolute Gasteiger partial charge is 0.282 e. The molecule has 7 nitrogen and oxygen atoms in total. The van der Waals surface area contributed by atoms with Crippen molar-refractivity contribution in [3.63, 3.8) is 0 Å². The number of aromatic nitrogens is 5. The summed E-state index contributed by atoms with van der Waals surface area (Å²) in [4.78, 5) is 4.20. The molecule has 2 heterocycles. The third-order valence-electron chi connectivity index (χ3n) is 4.01. The number of rotatable bonds is 4. The number of hydrogen-bond donors (Lipinski definition) is 1. The lowest BCUT2D eigenvalue weighted by molar-refractivity contribution is 0.430. The molecule has 2 N–H and O–H groups in total. The lowest BCUT2D eigenvalue weighted by Crippen LogP contribution is -2.02. The van der Waals surface area contributed by atoms with Gasteiger partial charge in [-0.2, -0.15) is 9.67 Å². The first kappa shape index (κ1) is 15.9. The van der Waals surface area contributed by atoms with Crippen LogP contribution in [0.2, 0.25) is 0 Å². The van der Waals surface area contributed by atoms with Gasteiger partial charge < -0.3 is 10.3 Å². The van der Waals surface area contributed by atoms with Crippen molar-refractivity contribution >= 4 is 5.82 Å². The predicted octanol–water partition coefficient (Wildman–Crippen LogP) is 3.27. The largest absolute Gasteiger partial charge is 0.382 e. The monoisotopic (exact) mass is 350 g/mol. The van der Waals surface area contributed by atoms with E-state index < -0.39 is 5.82 Å². The molecule has 0 amide bonds. The van der Waals surface area contributed by atoms with Gasteiger partial charge in [0.2, 0.25) is 5.82 Å². The zero-order chi connectivity index (χ0) is 18.1. The minimum absolute atomic E-state index is 0.0821. The molecule has 0 saturated heterocycles. The molecule has 4 rings (SSSR count). The van der Waals surface area contributed by atoms with Crippen LogP contribution in [0.4, 0.5) is 10.2 Å². The van der Waals surface area contributed by atoms with Crippen LogP contribution in [0.3, 0.4) is 0 Å². The van der Waals surface area contributed by atoms with Gasteiger partial charge in [-0.3, -0.25) is 0 Å². The molecule has 0 fully saturated rings. The molecule has 2 aromatic heterocycles. The quantitative estimate of drug-likeness (QED) is 0.607. The van der Waals surface area contributed by atoms with Gasteiger partial charge in [-0.15, -0.1) is 5.10 Å². The minimum Gasteiger partial charge on any atom is -0.382 e. The van der Waals surface area contributed by atoms with Gasteiger partial charge in [0, 0.05) is 0 Å². The zero-order valence-electron chi connectivity index (χ0n) is 13.9. The second-order valence-electron chi connectivity index (χ2n) is 5.66. The number of nitrogen functional groups attached to an aromatic ring is 1. The first-order chi connectivity index (χ1) is 12.7. The minimum atomic E-state index is -0.437. The van der Waals surface area contributed by atoms with Crippen molar-refractivity contribution < 1.29 is 8.91 Å². The molecule has 0 bridgehead atoms. The van der Waals surface area contributed by atoms with E-state index in [1.54, 1.807) is 18.2 Å². The van der Waals surface area contributed by atoms with Gasteiger partial charge in [-0.1, -0.05) is 41.6 Å². The summed E-state index contributed by atoms with van der Waals surface area (Å²) in [7, 11) is 0. The van der Waals surface area contributed by atoms with Crippen LogP contribution < -0.4 is 5.73 Å². The topological polar surface area (TPSA) is 95.6 Å². The van der Waals surface area contributed by atoms with Gasteiger partial charge >= 0.3 is 0 Å².